The van der Waals surface area contributed by atoms with Crippen LogP contribution in [0.5, 0.6) is 0 Å². The highest BCUT2D eigenvalue weighted by molar-refractivity contribution is 14.1. The van der Waals surface area contributed by atoms with E-state index in [9.17, 15) is 0 Å². The van der Waals surface area contributed by atoms with Crippen LogP contribution in [-0.2, 0) is 6.84 Å². The maximum atomic E-state index is 4.50. The Bertz CT molecular complexity index is 271. The van der Waals surface area contributed by atoms with E-state index in [0.29, 0.717) is 0 Å². The fourth-order valence-corrected chi connectivity index (χ4v) is 1.74. The van der Waals surface area contributed by atoms with Crippen molar-refractivity contribution in [2.45, 2.75) is 34.5 Å². The van der Waals surface area contributed by atoms with Gasteiger partial charge in [0.15, 0.2) is 0 Å². The lowest BCUT2D eigenvalue weighted by molar-refractivity contribution is 0.768. The molecule has 78 valence electrons. The summed E-state index contributed by atoms with van der Waals surface area (Å²) in [5.41, 5.74) is 2.42. The van der Waals surface area contributed by atoms with Crippen LogP contribution in [0, 0.1) is 0 Å². The molecule has 1 rings (SSSR count). The first-order valence-corrected chi connectivity index (χ1v) is 6.72. The number of hydrogen-bond acceptors (Lipinski definition) is 1. The maximum Gasteiger partial charge on any atom is 0.0586 e. The van der Waals surface area contributed by atoms with Crippen molar-refractivity contribution in [3.05, 3.63) is 29.6 Å². The van der Waals surface area contributed by atoms with E-state index >= 15 is 0 Å². The van der Waals surface area contributed by atoms with Gasteiger partial charge in [-0.1, -0.05) is 51.2 Å². The summed E-state index contributed by atoms with van der Waals surface area (Å²) in [4.78, 5) is 4.50. The molecule has 0 bridgehead atoms. The van der Waals surface area contributed by atoms with Gasteiger partial charge in [0.1, 0.15) is 0 Å². The minimum atomic E-state index is 0.117. The van der Waals surface area contributed by atoms with Gasteiger partial charge in [0.2, 0.25) is 0 Å². The number of halogens is 2. The molecular formula is C11H15I2N. The van der Waals surface area contributed by atoms with Crippen LogP contribution in [0.3, 0.4) is 0 Å². The third kappa shape index (κ3) is 3.32. The van der Waals surface area contributed by atoms with Crippen molar-refractivity contribution >= 4 is 45.2 Å². The lowest BCUT2D eigenvalue weighted by Gasteiger charge is -2.19. The number of hydrogen-bond donors (Lipinski definition) is 0. The highest BCUT2D eigenvalue weighted by atomic mass is 127. The monoisotopic (exact) mass is 415 g/mol. The molecule has 0 aliphatic carbocycles. The van der Waals surface area contributed by atoms with Crippen LogP contribution >= 0.6 is 45.2 Å². The van der Waals surface area contributed by atoms with Crippen LogP contribution < -0.4 is 0 Å². The summed E-state index contributed by atoms with van der Waals surface area (Å²) in [5.74, 6) is 0. The first-order valence-electron chi connectivity index (χ1n) is 4.56. The fourth-order valence-electron chi connectivity index (χ4n) is 1.10. The molecule has 0 saturated carbocycles. The smallest absolute Gasteiger partial charge is 0.0586 e. The van der Waals surface area contributed by atoms with Crippen molar-refractivity contribution in [1.82, 2.24) is 4.98 Å². The lowest BCUT2D eigenvalue weighted by Crippen LogP contribution is -2.12. The summed E-state index contributed by atoms with van der Waals surface area (Å²) in [5, 5.41) is 0. The van der Waals surface area contributed by atoms with E-state index in [-0.39, 0.29) is 6.84 Å². The van der Waals surface area contributed by atoms with Gasteiger partial charge >= 0.3 is 0 Å². The molecule has 0 N–H and O–H groups in total. The molecule has 1 nitrogen and oxygen atoms in total. The van der Waals surface area contributed by atoms with Crippen molar-refractivity contribution in [3.8, 4) is 0 Å². The quantitative estimate of drug-likeness (QED) is 0.515. The Morgan fingerprint density at radius 2 is 1.57 bits per heavy atom. The number of alkyl halides is 2. The average Bonchev–Trinajstić information content (AvgIpc) is 2.01. The molecule has 1 aromatic rings. The van der Waals surface area contributed by atoms with Crippen LogP contribution in [0.4, 0.5) is 0 Å². The van der Waals surface area contributed by atoms with E-state index in [2.05, 4.69) is 90.0 Å². The van der Waals surface area contributed by atoms with Crippen LogP contribution in [0.1, 0.15) is 39.0 Å². The SMILES string of the molecule is CC(C)(I)c1ccc(C(C)(C)I)nc1. The van der Waals surface area contributed by atoms with E-state index in [1.807, 2.05) is 6.20 Å². The largest absolute Gasteiger partial charge is 0.260 e. The lowest BCUT2D eigenvalue weighted by atomic mass is 10.0. The zero-order valence-electron chi connectivity index (χ0n) is 8.94. The van der Waals surface area contributed by atoms with Gasteiger partial charge in [0.25, 0.3) is 0 Å². The molecule has 0 spiro atoms. The van der Waals surface area contributed by atoms with Crippen molar-refractivity contribution < 1.29 is 0 Å². The first-order chi connectivity index (χ1) is 6.21. The maximum absolute atomic E-state index is 4.50. The average molecular weight is 415 g/mol. The van der Waals surface area contributed by atoms with Crippen molar-refractivity contribution in [2.24, 2.45) is 0 Å². The topological polar surface area (TPSA) is 12.9 Å². The van der Waals surface area contributed by atoms with E-state index in [0.717, 1.165) is 5.69 Å². The van der Waals surface area contributed by atoms with E-state index < -0.39 is 0 Å². The van der Waals surface area contributed by atoms with Crippen LogP contribution in [0.25, 0.3) is 0 Å². The third-order valence-electron chi connectivity index (χ3n) is 2.06. The molecule has 0 atom stereocenters. The van der Waals surface area contributed by atoms with Crippen LogP contribution in [-0.4, -0.2) is 4.98 Å². The minimum Gasteiger partial charge on any atom is -0.260 e. The Labute approximate surface area is 113 Å². The summed E-state index contributed by atoms with van der Waals surface area (Å²) in [6.45, 7) is 8.73. The van der Waals surface area contributed by atoms with Gasteiger partial charge in [-0.05, 0) is 39.3 Å². The normalized spacial score (nSPS) is 13.0. The summed E-state index contributed by atoms with van der Waals surface area (Å²) < 4.78 is 0.282. The molecule has 3 heteroatoms. The molecule has 14 heavy (non-hydrogen) atoms. The second-order valence-corrected chi connectivity index (χ2v) is 9.77. The van der Waals surface area contributed by atoms with Gasteiger partial charge in [0, 0.05) is 9.62 Å². The number of nitrogens with zero attached hydrogens (tertiary/aromatic N) is 1. The molecule has 0 aliphatic rings. The highest BCUT2D eigenvalue weighted by Gasteiger charge is 2.20. The van der Waals surface area contributed by atoms with Gasteiger partial charge in [-0.15, -0.1) is 0 Å². The summed E-state index contributed by atoms with van der Waals surface area (Å²) >= 11 is 4.84. The molecule has 0 amide bonds. The van der Waals surface area contributed by atoms with E-state index in [1.54, 1.807) is 0 Å². The number of pyridine rings is 1. The van der Waals surface area contributed by atoms with Crippen molar-refractivity contribution in [3.63, 3.8) is 0 Å². The fraction of sp³-hybridized carbons (Fsp3) is 0.545. The Kier molecular flexibility index (Phi) is 3.83. The van der Waals surface area contributed by atoms with E-state index in [1.165, 1.54) is 5.56 Å². The molecule has 0 aromatic carbocycles. The number of rotatable bonds is 2. The molecule has 0 fully saturated rings. The second kappa shape index (κ2) is 4.23. The van der Waals surface area contributed by atoms with Gasteiger partial charge in [-0.2, -0.15) is 0 Å². The van der Waals surface area contributed by atoms with Crippen LogP contribution in [0.2, 0.25) is 0 Å². The predicted octanol–water partition coefficient (Wildman–Crippen LogP) is 4.42. The summed E-state index contributed by atoms with van der Waals surface area (Å²) in [6, 6.07) is 4.30. The van der Waals surface area contributed by atoms with Gasteiger partial charge < -0.3 is 0 Å². The molecule has 0 aliphatic heterocycles. The summed E-state index contributed by atoms with van der Waals surface area (Å²) in [7, 11) is 0. The molecule has 1 heterocycles. The third-order valence-corrected chi connectivity index (χ3v) is 3.23. The first kappa shape index (κ1) is 12.7. The Hall–Kier alpha value is 0.610. The van der Waals surface area contributed by atoms with Crippen molar-refractivity contribution in [1.29, 1.82) is 0 Å². The second-order valence-electron chi connectivity index (χ2n) is 4.38. The predicted molar refractivity (Wildman–Crippen MR) is 78.3 cm³/mol. The Morgan fingerprint density at radius 3 is 1.86 bits per heavy atom. The zero-order valence-corrected chi connectivity index (χ0v) is 13.3. The van der Waals surface area contributed by atoms with Crippen LogP contribution in [0.15, 0.2) is 18.3 Å². The van der Waals surface area contributed by atoms with Gasteiger partial charge in [0.05, 0.1) is 9.12 Å². The van der Waals surface area contributed by atoms with Gasteiger partial charge in [-0.3, -0.25) is 4.98 Å². The molecule has 0 radical (unpaired) electrons. The molecule has 0 unspecified atom stereocenters. The van der Waals surface area contributed by atoms with E-state index in [4.69, 9.17) is 0 Å². The minimum absolute atomic E-state index is 0.117. The van der Waals surface area contributed by atoms with Gasteiger partial charge in [-0.25, -0.2) is 0 Å². The molecule has 1 aromatic heterocycles. The summed E-state index contributed by atoms with van der Waals surface area (Å²) in [6.07, 6.45) is 1.99. The number of aromatic nitrogens is 1. The molecular weight excluding hydrogens is 400 g/mol. The standard InChI is InChI=1S/C11H15I2N/c1-10(2,12)8-5-6-9(14-7-8)11(3,4)13/h5-7H,1-4H3. The molecule has 0 saturated heterocycles. The Morgan fingerprint density at radius 1 is 1.00 bits per heavy atom. The van der Waals surface area contributed by atoms with Crippen molar-refractivity contribution in [2.75, 3.05) is 0 Å². The zero-order chi connectivity index (χ0) is 11.0. The Balaban J connectivity index is 3.02. The highest BCUT2D eigenvalue weighted by Crippen LogP contribution is 2.33.